The first-order valence-electron chi connectivity index (χ1n) is 8.17. The van der Waals surface area contributed by atoms with Crippen molar-refractivity contribution in [1.82, 2.24) is 9.97 Å². The fourth-order valence-corrected chi connectivity index (χ4v) is 3.37. The molecule has 0 N–H and O–H groups in total. The molecule has 3 rings (SSSR count). The van der Waals surface area contributed by atoms with Crippen molar-refractivity contribution in [3.63, 3.8) is 0 Å². The van der Waals surface area contributed by atoms with E-state index in [0.29, 0.717) is 22.4 Å². The lowest BCUT2D eigenvalue weighted by molar-refractivity contribution is 0.395. The van der Waals surface area contributed by atoms with Crippen LogP contribution in [-0.2, 0) is 0 Å². The molecule has 130 valence electrons. The zero-order valence-electron chi connectivity index (χ0n) is 14.3. The Labute approximate surface area is 152 Å². The summed E-state index contributed by atoms with van der Waals surface area (Å²) < 4.78 is 5.19. The Morgan fingerprint density at radius 3 is 3.00 bits per heavy atom. The van der Waals surface area contributed by atoms with Crippen molar-refractivity contribution in [2.24, 2.45) is 0 Å². The van der Waals surface area contributed by atoms with Crippen LogP contribution in [0, 0.1) is 11.3 Å². The number of rotatable bonds is 4. The van der Waals surface area contributed by atoms with Crippen LogP contribution in [0.3, 0.4) is 0 Å². The Morgan fingerprint density at radius 2 is 2.24 bits per heavy atom. The van der Waals surface area contributed by atoms with E-state index in [1.165, 1.54) is 0 Å². The number of anilines is 2. The summed E-state index contributed by atoms with van der Waals surface area (Å²) in [4.78, 5) is 13.1. The number of benzene rings is 1. The number of halogens is 1. The molecule has 2 aromatic rings. The minimum absolute atomic E-state index is 0.242. The molecule has 6 nitrogen and oxygen atoms in total. The lowest BCUT2D eigenvalue weighted by atomic mass is 10.0. The predicted molar refractivity (Wildman–Crippen MR) is 98.4 cm³/mol. The van der Waals surface area contributed by atoms with Crippen LogP contribution in [0.25, 0.3) is 0 Å². The van der Waals surface area contributed by atoms with E-state index in [4.69, 9.17) is 16.3 Å². The number of piperidine rings is 1. The summed E-state index contributed by atoms with van der Waals surface area (Å²) >= 11 is 6.18. The second kappa shape index (κ2) is 7.58. The molecule has 0 amide bonds. The summed E-state index contributed by atoms with van der Waals surface area (Å²) in [6, 6.07) is 9.79. The quantitative estimate of drug-likeness (QED) is 0.837. The van der Waals surface area contributed by atoms with Gasteiger partial charge in [0.25, 0.3) is 0 Å². The van der Waals surface area contributed by atoms with Gasteiger partial charge in [-0.05, 0) is 25.0 Å². The summed E-state index contributed by atoms with van der Waals surface area (Å²) in [6.07, 6.45) is 3.76. The highest BCUT2D eigenvalue weighted by Crippen LogP contribution is 2.30. The van der Waals surface area contributed by atoms with Crippen LogP contribution in [0.1, 0.15) is 18.4 Å². The summed E-state index contributed by atoms with van der Waals surface area (Å²) in [5.41, 5.74) is 1.42. The fraction of sp³-hybridized carbons (Fsp3) is 0.389. The van der Waals surface area contributed by atoms with Crippen molar-refractivity contribution < 1.29 is 4.74 Å². The van der Waals surface area contributed by atoms with Gasteiger partial charge in [-0.3, -0.25) is 0 Å². The average Bonchev–Trinajstić information content (AvgIpc) is 2.67. The highest BCUT2D eigenvalue weighted by molar-refractivity contribution is 6.32. The Bertz CT molecular complexity index is 791. The zero-order chi connectivity index (χ0) is 17.8. The SMILES string of the molecule is COc1ccnc(N(C)C2CCCN(c3cccc(Cl)c3C#N)C2)n1. The van der Waals surface area contributed by atoms with E-state index in [-0.39, 0.29) is 6.04 Å². The monoisotopic (exact) mass is 357 g/mol. The third kappa shape index (κ3) is 3.62. The zero-order valence-corrected chi connectivity index (χ0v) is 15.1. The lowest BCUT2D eigenvalue weighted by Crippen LogP contribution is -2.47. The van der Waals surface area contributed by atoms with E-state index < -0.39 is 0 Å². The second-order valence-electron chi connectivity index (χ2n) is 6.00. The van der Waals surface area contributed by atoms with E-state index in [2.05, 4.69) is 25.8 Å². The maximum atomic E-state index is 9.44. The Kier molecular flexibility index (Phi) is 5.25. The number of hydrogen-bond donors (Lipinski definition) is 0. The van der Waals surface area contributed by atoms with Crippen molar-refractivity contribution in [2.45, 2.75) is 18.9 Å². The Hall–Kier alpha value is -2.52. The van der Waals surface area contributed by atoms with Gasteiger partial charge in [-0.15, -0.1) is 0 Å². The molecular formula is C18H20ClN5O. The van der Waals surface area contributed by atoms with Gasteiger partial charge in [0.15, 0.2) is 0 Å². The third-order valence-corrected chi connectivity index (χ3v) is 4.85. The van der Waals surface area contributed by atoms with Crippen LogP contribution < -0.4 is 14.5 Å². The number of likely N-dealkylation sites (N-methyl/N-ethyl adjacent to an activating group) is 1. The topological polar surface area (TPSA) is 65.3 Å². The first-order valence-corrected chi connectivity index (χ1v) is 8.55. The van der Waals surface area contributed by atoms with Crippen molar-refractivity contribution in [1.29, 1.82) is 5.26 Å². The maximum Gasteiger partial charge on any atom is 0.228 e. The normalized spacial score (nSPS) is 17.0. The third-order valence-electron chi connectivity index (χ3n) is 4.53. The lowest BCUT2D eigenvalue weighted by Gasteiger charge is -2.39. The molecule has 1 aliphatic rings. The molecule has 2 heterocycles. The summed E-state index contributed by atoms with van der Waals surface area (Å²) in [5.74, 6) is 1.18. The van der Waals surface area contributed by atoms with Crippen LogP contribution in [0.15, 0.2) is 30.5 Å². The van der Waals surface area contributed by atoms with E-state index >= 15 is 0 Å². The molecule has 1 saturated heterocycles. The van der Waals surface area contributed by atoms with Crippen molar-refractivity contribution in [3.05, 3.63) is 41.0 Å². The summed E-state index contributed by atoms with van der Waals surface area (Å²) in [7, 11) is 3.59. The molecular weight excluding hydrogens is 338 g/mol. The molecule has 1 fully saturated rings. The summed E-state index contributed by atoms with van der Waals surface area (Å²) in [6.45, 7) is 1.68. The first kappa shape index (κ1) is 17.3. The van der Waals surface area contributed by atoms with Gasteiger partial charge in [-0.1, -0.05) is 17.7 Å². The van der Waals surface area contributed by atoms with E-state index in [1.807, 2.05) is 19.2 Å². The number of hydrogen-bond acceptors (Lipinski definition) is 6. The molecule has 0 saturated carbocycles. The van der Waals surface area contributed by atoms with Crippen LogP contribution in [0.5, 0.6) is 5.88 Å². The standard InChI is InChI=1S/C18H20ClN5O/c1-23(18-21-9-8-17(22-18)25-2)13-5-4-10-24(12-13)16-7-3-6-15(19)14(16)11-20/h3,6-9,13H,4-5,10,12H2,1-2H3. The van der Waals surface area contributed by atoms with Gasteiger partial charge in [-0.2, -0.15) is 10.2 Å². The number of nitriles is 1. The first-order chi connectivity index (χ1) is 12.1. The van der Waals surface area contributed by atoms with Crippen LogP contribution in [0.4, 0.5) is 11.6 Å². The molecule has 1 aliphatic heterocycles. The van der Waals surface area contributed by atoms with Crippen molar-refractivity contribution in [3.8, 4) is 11.9 Å². The smallest absolute Gasteiger partial charge is 0.228 e. The Balaban J connectivity index is 1.82. The number of nitrogens with zero attached hydrogens (tertiary/aromatic N) is 5. The molecule has 0 bridgehead atoms. The van der Waals surface area contributed by atoms with Crippen LogP contribution in [0.2, 0.25) is 5.02 Å². The molecule has 1 unspecified atom stereocenters. The fourth-order valence-electron chi connectivity index (χ4n) is 3.16. The van der Waals surface area contributed by atoms with Crippen LogP contribution in [-0.4, -0.2) is 43.3 Å². The number of methoxy groups -OCH3 is 1. The van der Waals surface area contributed by atoms with Gasteiger partial charge < -0.3 is 14.5 Å². The molecule has 0 aliphatic carbocycles. The summed E-state index contributed by atoms with van der Waals surface area (Å²) in [5, 5.41) is 9.93. The van der Waals surface area contributed by atoms with Crippen LogP contribution >= 0.6 is 11.6 Å². The molecule has 1 aromatic carbocycles. The van der Waals surface area contributed by atoms with Crippen molar-refractivity contribution in [2.75, 3.05) is 37.0 Å². The van der Waals surface area contributed by atoms with Gasteiger partial charge in [0.1, 0.15) is 6.07 Å². The minimum Gasteiger partial charge on any atom is -0.481 e. The van der Waals surface area contributed by atoms with E-state index in [0.717, 1.165) is 31.6 Å². The van der Waals surface area contributed by atoms with Gasteiger partial charge in [-0.25, -0.2) is 4.98 Å². The molecule has 0 spiro atoms. The van der Waals surface area contributed by atoms with Gasteiger partial charge in [0.2, 0.25) is 11.8 Å². The maximum absolute atomic E-state index is 9.44. The molecule has 25 heavy (non-hydrogen) atoms. The highest BCUT2D eigenvalue weighted by Gasteiger charge is 2.26. The number of ether oxygens (including phenoxy) is 1. The largest absolute Gasteiger partial charge is 0.481 e. The molecule has 1 aromatic heterocycles. The van der Waals surface area contributed by atoms with Gasteiger partial charge in [0.05, 0.1) is 23.4 Å². The average molecular weight is 358 g/mol. The highest BCUT2D eigenvalue weighted by atomic mass is 35.5. The molecule has 0 radical (unpaired) electrons. The molecule has 1 atom stereocenters. The minimum atomic E-state index is 0.242. The van der Waals surface area contributed by atoms with Crippen molar-refractivity contribution >= 4 is 23.2 Å². The van der Waals surface area contributed by atoms with E-state index in [1.54, 1.807) is 25.4 Å². The van der Waals surface area contributed by atoms with Gasteiger partial charge >= 0.3 is 0 Å². The van der Waals surface area contributed by atoms with E-state index in [9.17, 15) is 5.26 Å². The van der Waals surface area contributed by atoms with Gasteiger partial charge in [0, 0.05) is 38.4 Å². The Morgan fingerprint density at radius 1 is 1.40 bits per heavy atom. The second-order valence-corrected chi connectivity index (χ2v) is 6.40. The molecule has 7 heteroatoms. The predicted octanol–water partition coefficient (Wildman–Crippen LogP) is 3.12. The number of aromatic nitrogens is 2.